The Balaban J connectivity index is 0.000000505. The van der Waals surface area contributed by atoms with Gasteiger partial charge in [0.1, 0.15) is 0 Å². The van der Waals surface area contributed by atoms with Gasteiger partial charge < -0.3 is 17.3 Å². The van der Waals surface area contributed by atoms with E-state index >= 15 is 0 Å². The van der Waals surface area contributed by atoms with Crippen molar-refractivity contribution >= 4 is 27.8 Å². The number of aryl methyl sites for hydroxylation is 1. The van der Waals surface area contributed by atoms with Gasteiger partial charge in [-0.25, -0.2) is 0 Å². The molecule has 0 bridgehead atoms. The van der Waals surface area contributed by atoms with E-state index in [1.54, 1.807) is 30.3 Å². The fourth-order valence-electron chi connectivity index (χ4n) is 2.33. The van der Waals surface area contributed by atoms with Gasteiger partial charge in [0.2, 0.25) is 0 Å². The highest BCUT2D eigenvalue weighted by Crippen LogP contribution is 2.51. The zero-order valence-corrected chi connectivity index (χ0v) is 13.9. The molecule has 0 fully saturated rings. The molecule has 0 aliphatic carbocycles. The van der Waals surface area contributed by atoms with Crippen LogP contribution in [0.1, 0.15) is 37.5 Å². The van der Waals surface area contributed by atoms with Crippen LogP contribution in [-0.2, 0) is 11.9 Å². The minimum Gasteiger partial charge on any atom is -0.418 e. The van der Waals surface area contributed by atoms with Crippen molar-refractivity contribution in [2.75, 3.05) is 0 Å². The Morgan fingerprint density at radius 2 is 1.54 bits per heavy atom. The van der Waals surface area contributed by atoms with Crippen LogP contribution >= 0.6 is 10.5 Å². The molecule has 24 heavy (non-hydrogen) atoms. The molecule has 1 heterocycles. The van der Waals surface area contributed by atoms with Crippen LogP contribution in [0.5, 0.6) is 0 Å². The van der Waals surface area contributed by atoms with Crippen molar-refractivity contribution in [1.29, 1.82) is 0 Å². The molecule has 0 spiro atoms. The van der Waals surface area contributed by atoms with Crippen molar-refractivity contribution in [3.8, 4) is 0 Å². The number of alkyl halides is 3. The summed E-state index contributed by atoms with van der Waals surface area (Å²) in [4.78, 5) is 0.560. The van der Waals surface area contributed by atoms with Crippen LogP contribution in [0.3, 0.4) is 0 Å². The maximum Gasteiger partial charge on any atom is 0.673 e. The van der Waals surface area contributed by atoms with Crippen molar-refractivity contribution < 1.29 is 30.4 Å². The van der Waals surface area contributed by atoms with Gasteiger partial charge in [0.05, 0.1) is 10.5 Å². The summed E-state index contributed by atoms with van der Waals surface area (Å²) in [7, 11) is -7.70. The van der Waals surface area contributed by atoms with Crippen LogP contribution in [-0.4, -0.2) is 7.25 Å². The van der Waals surface area contributed by atoms with E-state index in [1.807, 2.05) is 0 Å². The molecule has 1 atom stereocenters. The predicted molar refractivity (Wildman–Crippen MR) is 85.8 cm³/mol. The second-order valence-electron chi connectivity index (χ2n) is 5.21. The normalized spacial score (nSPS) is 12.9. The first-order valence-electron chi connectivity index (χ1n) is 7.52. The molecular weight excluding hydrogens is 356 g/mol. The molecule has 0 aliphatic heterocycles. The van der Waals surface area contributed by atoms with Crippen LogP contribution < -0.4 is 0 Å². The Morgan fingerprint density at radius 3 is 2.08 bits per heavy atom. The average molecular weight is 374 g/mol. The highest BCUT2D eigenvalue weighted by molar-refractivity contribution is 7.38. The van der Waals surface area contributed by atoms with Gasteiger partial charge in [0, 0.05) is 17.9 Å². The first kappa shape index (κ1) is 20.8. The lowest BCUT2D eigenvalue weighted by Crippen LogP contribution is -2.02. The molecule has 2 rings (SSSR count). The zero-order valence-electron chi connectivity index (χ0n) is 13.1. The van der Waals surface area contributed by atoms with Crippen molar-refractivity contribution in [3.05, 3.63) is 35.2 Å². The van der Waals surface area contributed by atoms with E-state index in [2.05, 4.69) is 6.92 Å². The van der Waals surface area contributed by atoms with Crippen LogP contribution in [0.2, 0.25) is 0 Å². The summed E-state index contributed by atoms with van der Waals surface area (Å²) in [5, 5.41) is 0.744. The maximum atomic E-state index is 13.2. The van der Waals surface area contributed by atoms with Gasteiger partial charge >= 0.3 is 12.8 Å². The molecule has 0 amide bonds. The van der Waals surface area contributed by atoms with Gasteiger partial charge in [-0.2, -0.15) is 0 Å². The molecular formula is C15H18BF7S. The third kappa shape index (κ3) is 7.11. The number of thiophene rings is 1. The molecule has 0 nitrogen and oxygen atoms in total. The van der Waals surface area contributed by atoms with Crippen LogP contribution in [0, 0.1) is 0 Å². The lowest BCUT2D eigenvalue weighted by Gasteiger charge is -2.00. The molecule has 2 aromatic rings. The van der Waals surface area contributed by atoms with Gasteiger partial charge in [0.25, 0.3) is 0 Å². The van der Waals surface area contributed by atoms with E-state index in [9.17, 15) is 30.4 Å². The van der Waals surface area contributed by atoms with E-state index in [0.29, 0.717) is 16.0 Å². The number of rotatable bonds is 5. The van der Waals surface area contributed by atoms with Gasteiger partial charge in [0.15, 0.2) is 9.58 Å². The zero-order chi connectivity index (χ0) is 18.4. The number of hydrogen-bond acceptors (Lipinski definition) is 0. The molecule has 9 heteroatoms. The summed E-state index contributed by atoms with van der Waals surface area (Å²) in [5.41, 5.74) is -4.15. The third-order valence-electron chi connectivity index (χ3n) is 3.23. The minimum absolute atomic E-state index is 0.445. The van der Waals surface area contributed by atoms with Crippen molar-refractivity contribution in [3.63, 3.8) is 0 Å². The van der Waals surface area contributed by atoms with Crippen molar-refractivity contribution in [2.45, 2.75) is 44.5 Å². The minimum atomic E-state index is -6.00. The molecule has 1 aromatic carbocycles. The fraction of sp³-hybridized carbons (Fsp3) is 0.467. The van der Waals surface area contributed by atoms with Crippen LogP contribution in [0.4, 0.5) is 30.4 Å². The van der Waals surface area contributed by atoms with Gasteiger partial charge in [-0.05, 0) is 18.6 Å². The standard InChI is InChI=1S/C15H18F3S.BF4/c1-2-3-4-5-9-13-11-12-8-6-7-10-14(12)19(13)15(16,17)18;2-1(3,4)5/h6-8,10-11H,2-5,9H2,1H3;/q+1;-1. The summed E-state index contributed by atoms with van der Waals surface area (Å²) in [6.45, 7) is 2.10. The number of fused-ring (bicyclic) bond motifs is 1. The van der Waals surface area contributed by atoms with Crippen molar-refractivity contribution in [2.24, 2.45) is 0 Å². The van der Waals surface area contributed by atoms with Gasteiger partial charge in [-0.1, -0.05) is 38.3 Å². The second kappa shape index (κ2) is 8.73. The Kier molecular flexibility index (Phi) is 7.57. The number of halogens is 7. The quantitative estimate of drug-likeness (QED) is 0.220. The smallest absolute Gasteiger partial charge is 0.418 e. The SMILES string of the molecule is CCCCCCc1cc2ccccc2[s+]1C(F)(F)F.F[B-](F)(F)F. The highest BCUT2D eigenvalue weighted by Gasteiger charge is 2.47. The Morgan fingerprint density at radius 1 is 0.958 bits per heavy atom. The molecule has 0 N–H and O–H groups in total. The second-order valence-corrected chi connectivity index (χ2v) is 7.25. The highest BCUT2D eigenvalue weighted by atomic mass is 32.2. The molecule has 1 unspecified atom stereocenters. The monoisotopic (exact) mass is 374 g/mol. The van der Waals surface area contributed by atoms with Crippen molar-refractivity contribution in [1.82, 2.24) is 0 Å². The molecule has 0 saturated heterocycles. The summed E-state index contributed by atoms with van der Waals surface area (Å²) in [6.07, 6.45) is 4.63. The summed E-state index contributed by atoms with van der Waals surface area (Å²) in [6, 6.07) is 8.63. The average Bonchev–Trinajstić information content (AvgIpc) is 2.80. The topological polar surface area (TPSA) is 0 Å². The lowest BCUT2D eigenvalue weighted by molar-refractivity contribution is -0.0867. The first-order valence-corrected chi connectivity index (χ1v) is 8.74. The van der Waals surface area contributed by atoms with Gasteiger partial charge in [-0.3, -0.25) is 0 Å². The first-order chi connectivity index (χ1) is 11.0. The summed E-state index contributed by atoms with van der Waals surface area (Å²) < 4.78 is 79.2. The summed E-state index contributed by atoms with van der Waals surface area (Å²) in [5.74, 6) is 0. The largest absolute Gasteiger partial charge is 0.673 e. The maximum absolute atomic E-state index is 13.2. The van der Waals surface area contributed by atoms with E-state index in [-0.39, 0.29) is 0 Å². The molecule has 0 radical (unpaired) electrons. The number of unbranched alkanes of at least 4 members (excludes halogenated alkanes) is 3. The number of hydrogen-bond donors (Lipinski definition) is 0. The summed E-state index contributed by atoms with van der Waals surface area (Å²) >= 11 is 0. The predicted octanol–water partition coefficient (Wildman–Crippen LogP) is 7.49. The lowest BCUT2D eigenvalue weighted by atomic mass is 10.1. The van der Waals surface area contributed by atoms with Gasteiger partial charge in [-0.15, -0.1) is 13.2 Å². The van der Waals surface area contributed by atoms with E-state index in [4.69, 9.17) is 0 Å². The molecule has 1 aromatic heterocycles. The molecule has 136 valence electrons. The molecule has 0 aliphatic rings. The Labute approximate surface area is 138 Å². The van der Waals surface area contributed by atoms with Crippen LogP contribution in [0.15, 0.2) is 30.3 Å². The Hall–Kier alpha value is -1.25. The Bertz CT molecular complexity index is 625. The van der Waals surface area contributed by atoms with E-state index < -0.39 is 23.2 Å². The fourth-order valence-corrected chi connectivity index (χ4v) is 4.33. The van der Waals surface area contributed by atoms with E-state index in [1.165, 1.54) is 0 Å². The number of benzene rings is 1. The third-order valence-corrected chi connectivity index (χ3v) is 5.35. The molecule has 0 saturated carbocycles. The van der Waals surface area contributed by atoms with Crippen LogP contribution in [0.25, 0.3) is 10.1 Å². The van der Waals surface area contributed by atoms with E-state index in [0.717, 1.165) is 31.1 Å².